The van der Waals surface area contributed by atoms with E-state index in [9.17, 15) is 24.9 Å². The topological polar surface area (TPSA) is 170 Å². The first-order valence-electron chi connectivity index (χ1n) is 21.7. The van der Waals surface area contributed by atoms with Crippen LogP contribution < -0.4 is 21.1 Å². The summed E-state index contributed by atoms with van der Waals surface area (Å²) in [5.41, 5.74) is 11.7. The Balaban J connectivity index is 1.01. The fourth-order valence-corrected chi connectivity index (χ4v) is 10.8. The molecule has 0 radical (unpaired) electrons. The molecule has 0 unspecified atom stereocenters. The molecule has 0 amide bonds. The minimum Gasteiger partial charge on any atom is -0.504 e. The number of nitrogens with one attached hydrogen (secondary N) is 3. The first kappa shape index (κ1) is 41.1. The molecule has 5 aliphatic rings. The molecule has 7 atom stereocenters. The zero-order valence-corrected chi connectivity index (χ0v) is 33.8. The molecule has 2 aromatic rings. The Hall–Kier alpha value is -4.04. The summed E-state index contributed by atoms with van der Waals surface area (Å²) in [5, 5.41) is 40.8. The number of fused-ring (bicyclic) bond motifs is 2. The summed E-state index contributed by atoms with van der Waals surface area (Å²) in [6, 6.07) is 5.92. The molecule has 3 fully saturated rings. The lowest BCUT2D eigenvalue weighted by Crippen LogP contribution is -2.52. The smallest absolute Gasteiger partial charge is 0.160 e. The molecule has 57 heavy (non-hydrogen) atoms. The number of carbonyl (C=O) groups excluding carboxylic acids is 2. The summed E-state index contributed by atoms with van der Waals surface area (Å²) < 4.78 is 5.45. The molecule has 0 spiro atoms. The summed E-state index contributed by atoms with van der Waals surface area (Å²) in [6.45, 7) is 1.65. The average molecular weight is 781 g/mol. The molecule has 2 saturated carbocycles. The van der Waals surface area contributed by atoms with Gasteiger partial charge in [0.1, 0.15) is 11.7 Å². The molecule has 3 heterocycles. The number of phenolic OH excluding ortho intramolecular Hbond substituents is 1. The maximum atomic E-state index is 13.8. The van der Waals surface area contributed by atoms with E-state index in [0.29, 0.717) is 93.1 Å². The number of hydrogen-bond donors (Lipinski definition) is 7. The van der Waals surface area contributed by atoms with Crippen LogP contribution in [0.5, 0.6) is 11.5 Å². The van der Waals surface area contributed by atoms with Crippen LogP contribution in [-0.4, -0.2) is 70.3 Å². The number of ether oxygens (including phenoxy) is 1. The second-order valence-corrected chi connectivity index (χ2v) is 17.8. The van der Waals surface area contributed by atoms with Gasteiger partial charge in [-0.15, -0.1) is 0 Å². The van der Waals surface area contributed by atoms with Crippen molar-refractivity contribution in [2.24, 2.45) is 28.9 Å². The summed E-state index contributed by atoms with van der Waals surface area (Å²) in [6.07, 6.45) is 19.1. The lowest BCUT2D eigenvalue weighted by molar-refractivity contribution is -0.124. The number of aryl methyl sites for hydroxylation is 1. The van der Waals surface area contributed by atoms with Gasteiger partial charge < -0.3 is 41.4 Å². The number of aliphatic hydroxyl groups excluding tert-OH is 2. The third-order valence-electron chi connectivity index (χ3n) is 14.2. The average Bonchev–Trinajstić information content (AvgIpc) is 3.92. The third-order valence-corrected chi connectivity index (χ3v) is 14.2. The number of dihydropyridines is 1. The second-order valence-electron chi connectivity index (χ2n) is 17.8. The molecule has 308 valence electrons. The van der Waals surface area contributed by atoms with Gasteiger partial charge in [-0.1, -0.05) is 31.1 Å². The standard InChI is InChI=1S/C47H64N4O6/c1-57-45-23-33-10-15-43(55)39(42(54)5-4-19-47(17-2-3-18-47)36-22-34-8-13-38(53)25-41(34)50-29-36)14-9-31(40(33)26-44(45)56)6-11-37(52)12-7-32-24-46(48)51-28-35(32)21-30-16-20-49-27-30/h16,20,23-24,26-27,31,34,36-37,39,41-42,49-52,54,56H,2-8,10-13,15,17-19,21-22,25,28-29,48H2,1H3/t31-,34-,36+,37+,39-,41-,42-/m1/s1. The van der Waals surface area contributed by atoms with Crippen LogP contribution in [0.1, 0.15) is 125 Å². The van der Waals surface area contributed by atoms with E-state index >= 15 is 0 Å². The normalized spacial score (nSPS) is 27.1. The Morgan fingerprint density at radius 3 is 2.70 bits per heavy atom. The van der Waals surface area contributed by atoms with Crippen LogP contribution >= 0.6 is 0 Å². The van der Waals surface area contributed by atoms with Crippen LogP contribution in [0.4, 0.5) is 0 Å². The number of aliphatic hydroxyl groups is 2. The van der Waals surface area contributed by atoms with Gasteiger partial charge in [0.2, 0.25) is 0 Å². The van der Waals surface area contributed by atoms with Crippen LogP contribution in [0.25, 0.3) is 0 Å². The quantitative estimate of drug-likeness (QED) is 0.103. The Labute approximate surface area is 338 Å². The van der Waals surface area contributed by atoms with Crippen molar-refractivity contribution in [2.45, 2.75) is 140 Å². The van der Waals surface area contributed by atoms with Gasteiger partial charge in [-0.2, -0.15) is 0 Å². The van der Waals surface area contributed by atoms with E-state index in [2.05, 4.69) is 33.5 Å². The Morgan fingerprint density at radius 2 is 1.91 bits per heavy atom. The monoisotopic (exact) mass is 780 g/mol. The van der Waals surface area contributed by atoms with E-state index in [4.69, 9.17) is 10.5 Å². The largest absolute Gasteiger partial charge is 0.504 e. The SMILES string of the molecule is COc1cc2c(cc1O)[C@H](CC[C@H](O)CCC1=C(Cc3cc[nH]c3)CNC(N)=C1)C#C[C@H]([C@H](O)CCCC1([C@@H]3CN[C@@H]4CC(=O)CC[C@@H]4C3)CCCC1)C(=O)CC2. The van der Waals surface area contributed by atoms with Gasteiger partial charge in [0.25, 0.3) is 0 Å². The Bertz CT molecular complexity index is 1850. The minimum atomic E-state index is -0.865. The van der Waals surface area contributed by atoms with Gasteiger partial charge in [-0.3, -0.25) is 9.59 Å². The van der Waals surface area contributed by atoms with E-state index in [-0.39, 0.29) is 29.3 Å². The molecule has 0 bridgehead atoms. The molecule has 7 rings (SSSR count). The van der Waals surface area contributed by atoms with Crippen molar-refractivity contribution in [1.82, 2.24) is 15.6 Å². The third kappa shape index (κ3) is 9.99. The highest BCUT2D eigenvalue weighted by atomic mass is 16.5. The molecule has 10 nitrogen and oxygen atoms in total. The van der Waals surface area contributed by atoms with E-state index in [1.54, 1.807) is 12.1 Å². The predicted molar refractivity (Wildman–Crippen MR) is 221 cm³/mol. The Kier molecular flexibility index (Phi) is 13.5. The number of aromatic hydroxyl groups is 1. The van der Waals surface area contributed by atoms with Crippen LogP contribution in [-0.2, 0) is 22.4 Å². The first-order valence-corrected chi connectivity index (χ1v) is 21.7. The van der Waals surface area contributed by atoms with E-state index in [1.165, 1.54) is 50.4 Å². The van der Waals surface area contributed by atoms with Crippen LogP contribution in [0.3, 0.4) is 0 Å². The number of H-pyrrole nitrogens is 1. The van der Waals surface area contributed by atoms with Crippen molar-refractivity contribution in [3.63, 3.8) is 0 Å². The Morgan fingerprint density at radius 1 is 1.07 bits per heavy atom. The van der Waals surface area contributed by atoms with Crippen molar-refractivity contribution in [3.8, 4) is 23.3 Å². The number of allylic oxidation sites excluding steroid dienone is 2. The van der Waals surface area contributed by atoms with Crippen molar-refractivity contribution in [1.29, 1.82) is 0 Å². The summed E-state index contributed by atoms with van der Waals surface area (Å²) in [7, 11) is 1.52. The summed E-state index contributed by atoms with van der Waals surface area (Å²) in [5.74, 6) is 8.00. The highest BCUT2D eigenvalue weighted by Crippen LogP contribution is 2.52. The zero-order chi connectivity index (χ0) is 39.9. The highest BCUT2D eigenvalue weighted by molar-refractivity contribution is 5.85. The number of piperidine rings is 1. The molecule has 2 aliphatic heterocycles. The van der Waals surface area contributed by atoms with Gasteiger partial charge in [-0.25, -0.2) is 0 Å². The number of ketones is 2. The van der Waals surface area contributed by atoms with E-state index < -0.39 is 18.1 Å². The van der Waals surface area contributed by atoms with Gasteiger partial charge in [0, 0.05) is 50.2 Å². The molecular weight excluding hydrogens is 717 g/mol. The molecule has 10 heteroatoms. The van der Waals surface area contributed by atoms with Gasteiger partial charge in [-0.05, 0) is 153 Å². The van der Waals surface area contributed by atoms with Crippen LogP contribution in [0, 0.1) is 35.0 Å². The number of nitrogens with two attached hydrogens (primary N) is 1. The predicted octanol–water partition coefficient (Wildman–Crippen LogP) is 6.25. The number of benzene rings is 1. The molecule has 1 aromatic carbocycles. The molecule has 3 aliphatic carbocycles. The first-order chi connectivity index (χ1) is 27.6. The summed E-state index contributed by atoms with van der Waals surface area (Å²) >= 11 is 0. The van der Waals surface area contributed by atoms with Crippen LogP contribution in [0.15, 0.2) is 53.6 Å². The molecule has 1 aromatic heterocycles. The fraction of sp³-hybridized carbons (Fsp3) is 0.617. The maximum Gasteiger partial charge on any atom is 0.160 e. The number of Topliss-reactive ketones (excluding diaryl/α,β-unsaturated/α-hetero) is 2. The van der Waals surface area contributed by atoms with Crippen molar-refractivity contribution >= 4 is 11.6 Å². The number of phenols is 1. The number of carbonyl (C=O) groups is 2. The lowest BCUT2D eigenvalue weighted by Gasteiger charge is -2.47. The number of rotatable bonds is 15. The minimum absolute atomic E-state index is 0.0180. The van der Waals surface area contributed by atoms with Crippen molar-refractivity contribution < 1.29 is 29.6 Å². The number of aromatic nitrogens is 1. The fourth-order valence-electron chi connectivity index (χ4n) is 10.8. The second kappa shape index (κ2) is 18.7. The molecular formula is C47H64N4O6. The molecule has 8 N–H and O–H groups in total. The maximum absolute atomic E-state index is 13.8. The van der Waals surface area contributed by atoms with E-state index in [0.717, 1.165) is 48.9 Å². The highest BCUT2D eigenvalue weighted by Gasteiger charge is 2.45. The lowest BCUT2D eigenvalue weighted by atomic mass is 9.63. The van der Waals surface area contributed by atoms with Gasteiger partial charge >= 0.3 is 0 Å². The van der Waals surface area contributed by atoms with Crippen molar-refractivity contribution in [2.75, 3.05) is 20.2 Å². The number of hydrogen-bond acceptors (Lipinski definition) is 9. The van der Waals surface area contributed by atoms with Gasteiger partial charge in [0.15, 0.2) is 17.3 Å². The molecule has 1 saturated heterocycles. The van der Waals surface area contributed by atoms with Crippen LogP contribution in [0.2, 0.25) is 0 Å². The van der Waals surface area contributed by atoms with Gasteiger partial charge in [0.05, 0.1) is 25.1 Å². The number of methoxy groups -OCH3 is 1. The number of aromatic amines is 1. The van der Waals surface area contributed by atoms with E-state index in [1.807, 2.05) is 18.5 Å². The van der Waals surface area contributed by atoms with Crippen molar-refractivity contribution in [3.05, 3.63) is 70.3 Å². The summed E-state index contributed by atoms with van der Waals surface area (Å²) in [4.78, 5) is 29.0. The zero-order valence-electron chi connectivity index (χ0n) is 33.8.